The molecule has 252 valence electrons. The molecule has 4 aromatic carbocycles. The van der Waals surface area contributed by atoms with Gasteiger partial charge in [-0.05, 0) is 70.2 Å². The molecule has 48 heavy (non-hydrogen) atoms. The van der Waals surface area contributed by atoms with Crippen LogP contribution >= 0.6 is 0 Å². The summed E-state index contributed by atoms with van der Waals surface area (Å²) in [6.45, 7) is 22.8. The normalized spacial score (nSPS) is 15.8. The summed E-state index contributed by atoms with van der Waals surface area (Å²) in [5, 5.41) is 0. The van der Waals surface area contributed by atoms with Gasteiger partial charge >= 0.3 is 76.7 Å². The molecule has 0 bridgehead atoms. The first-order valence-corrected chi connectivity index (χ1v) is 18.3. The molecule has 3 aliphatic rings. The number of allylic oxidation sites excluding steroid dienone is 4. The number of hydrogen-bond donors (Lipinski definition) is 0. The largest absolute Gasteiger partial charge is 1.00 e. The maximum atomic E-state index is 2.51. The molecule has 0 atom stereocenters. The minimum atomic E-state index is 0. The van der Waals surface area contributed by atoms with E-state index in [0.29, 0.717) is 5.41 Å². The van der Waals surface area contributed by atoms with E-state index in [0.717, 1.165) is 12.8 Å². The summed E-state index contributed by atoms with van der Waals surface area (Å²) >= 11 is 1.54. The minimum absolute atomic E-state index is 0. The number of halogens is 2. The van der Waals surface area contributed by atoms with E-state index < -0.39 is 0 Å². The zero-order valence-corrected chi connectivity index (χ0v) is 34.6. The van der Waals surface area contributed by atoms with Gasteiger partial charge < -0.3 is 24.8 Å². The second-order valence-electron chi connectivity index (χ2n) is 15.6. The van der Waals surface area contributed by atoms with Gasteiger partial charge in [-0.15, -0.1) is 12.5 Å². The van der Waals surface area contributed by atoms with Crippen LogP contribution in [0.1, 0.15) is 127 Å². The predicted octanol–water partition coefficient (Wildman–Crippen LogP) is 6.12. The van der Waals surface area contributed by atoms with Crippen molar-refractivity contribution in [1.29, 1.82) is 0 Å². The standard InChI is InChI=1S/C27H29.C9H13.C9H10.2ClH.Zr/c1-16-7-9-26(3,4)24-12-18-11-19-13-25-21(17(2)8-10-27(25,5)6)15-23(19)22(18)14-20(16)24;1-9(2,3)8-6-4-5-7-8;1-2-6-9-7-4-3-5-8-9;;;/h7-9,12-15H,10-11H2,1-6H3;4-7H,1-3H3;3-5,7-8H,2H2,1H3;2*1H;/q2*-1;;;;+2/p-2. The van der Waals surface area contributed by atoms with Gasteiger partial charge in [0.25, 0.3) is 0 Å². The van der Waals surface area contributed by atoms with Crippen LogP contribution in [0.4, 0.5) is 0 Å². The van der Waals surface area contributed by atoms with Crippen molar-refractivity contribution in [3.8, 4) is 11.1 Å². The summed E-state index contributed by atoms with van der Waals surface area (Å²) in [5.41, 5.74) is 18.1. The molecule has 0 spiro atoms. The van der Waals surface area contributed by atoms with Gasteiger partial charge in [0.2, 0.25) is 0 Å². The van der Waals surface area contributed by atoms with Crippen LogP contribution in [0.25, 0.3) is 22.3 Å². The van der Waals surface area contributed by atoms with E-state index in [4.69, 9.17) is 0 Å². The van der Waals surface area contributed by atoms with Crippen molar-refractivity contribution in [3.05, 3.63) is 142 Å². The molecule has 0 unspecified atom stereocenters. The molecular weight excluding hydrogens is 703 g/mol. The first kappa shape index (κ1) is 40.1. The van der Waals surface area contributed by atoms with Crippen molar-refractivity contribution in [2.75, 3.05) is 0 Å². The monoisotopic (exact) mass is 752 g/mol. The van der Waals surface area contributed by atoms with Crippen molar-refractivity contribution in [2.24, 2.45) is 0 Å². The molecule has 0 fully saturated rings. The Morgan fingerprint density at radius 2 is 1.38 bits per heavy atom. The topological polar surface area (TPSA) is 0 Å². The van der Waals surface area contributed by atoms with Crippen LogP contribution < -0.4 is 24.8 Å². The summed E-state index contributed by atoms with van der Waals surface area (Å²) < 4.78 is 1.55. The van der Waals surface area contributed by atoms with Gasteiger partial charge in [-0.25, -0.2) is 18.6 Å². The molecule has 0 heterocycles. The zero-order chi connectivity index (χ0) is 33.4. The van der Waals surface area contributed by atoms with Crippen molar-refractivity contribution in [2.45, 2.75) is 105 Å². The summed E-state index contributed by atoms with van der Waals surface area (Å²) in [6.07, 6.45) is 10.5. The smallest absolute Gasteiger partial charge is 1.00 e. The molecule has 3 aliphatic carbocycles. The van der Waals surface area contributed by atoms with Crippen molar-refractivity contribution < 1.29 is 49.0 Å². The second kappa shape index (κ2) is 15.7. The van der Waals surface area contributed by atoms with Crippen molar-refractivity contribution in [1.82, 2.24) is 0 Å². The third kappa shape index (κ3) is 8.52. The van der Waals surface area contributed by atoms with Crippen LogP contribution in [0, 0.1) is 6.42 Å². The molecule has 0 radical (unpaired) electrons. The van der Waals surface area contributed by atoms with Crippen LogP contribution in [0.3, 0.4) is 0 Å². The van der Waals surface area contributed by atoms with Gasteiger partial charge in [0.05, 0.1) is 0 Å². The first-order valence-electron chi connectivity index (χ1n) is 17.0. The zero-order valence-electron chi connectivity index (χ0n) is 30.6. The first-order chi connectivity index (χ1) is 21.6. The molecule has 3 heteroatoms. The quantitative estimate of drug-likeness (QED) is 0.191. The van der Waals surface area contributed by atoms with E-state index in [1.165, 1.54) is 97.4 Å². The van der Waals surface area contributed by atoms with Crippen molar-refractivity contribution in [3.63, 3.8) is 0 Å². The van der Waals surface area contributed by atoms with Gasteiger partial charge in [-0.2, -0.15) is 29.3 Å². The van der Waals surface area contributed by atoms with E-state index in [1.807, 2.05) is 0 Å². The van der Waals surface area contributed by atoms with Gasteiger partial charge in [0.15, 0.2) is 0 Å². The van der Waals surface area contributed by atoms with E-state index in [9.17, 15) is 0 Å². The fourth-order valence-electron chi connectivity index (χ4n) is 6.89. The maximum Gasteiger partial charge on any atom is -1.00 e. The molecule has 4 aromatic rings. The van der Waals surface area contributed by atoms with E-state index in [2.05, 4.69) is 167 Å². The Bertz CT molecular complexity index is 1710. The SMILES string of the molecule is CC(C)(C)c1cc[cH-]c1.CC1=C[CH-]C(C)(C)c2cc3c(cc21)-c1cc2c(cc1C3)C(C)(C)CC=C2C.CC[C](=[Zr+2])c1ccccc1.[Cl-].[Cl-]. The summed E-state index contributed by atoms with van der Waals surface area (Å²) in [5.74, 6) is 0. The third-order valence-electron chi connectivity index (χ3n) is 10.1. The molecule has 0 aliphatic heterocycles. The van der Waals surface area contributed by atoms with Gasteiger partial charge in [0.1, 0.15) is 0 Å². The molecule has 0 saturated heterocycles. The van der Waals surface area contributed by atoms with E-state index >= 15 is 0 Å². The Morgan fingerprint density at radius 3 is 1.90 bits per heavy atom. The van der Waals surface area contributed by atoms with Gasteiger partial charge in [-0.3, -0.25) is 0 Å². The fraction of sp³-hybridized carbons (Fsp3) is 0.356. The number of hydrogen-bond acceptors (Lipinski definition) is 0. The van der Waals surface area contributed by atoms with Crippen LogP contribution in [-0.4, -0.2) is 3.21 Å². The Labute approximate surface area is 319 Å². The maximum absolute atomic E-state index is 2.51. The Morgan fingerprint density at radius 1 is 0.792 bits per heavy atom. The average Bonchev–Trinajstić information content (AvgIpc) is 3.69. The van der Waals surface area contributed by atoms with Gasteiger partial charge in [-0.1, -0.05) is 89.1 Å². The fourth-order valence-corrected chi connectivity index (χ4v) is 7.30. The van der Waals surface area contributed by atoms with Crippen LogP contribution in [0.2, 0.25) is 0 Å². The summed E-state index contributed by atoms with van der Waals surface area (Å²) in [7, 11) is 0. The molecule has 0 amide bonds. The second-order valence-corrected chi connectivity index (χ2v) is 17.1. The molecule has 0 N–H and O–H groups in total. The molecule has 0 aromatic heterocycles. The Hall–Kier alpha value is -2.31. The predicted molar refractivity (Wildman–Crippen MR) is 199 cm³/mol. The molecule has 7 rings (SSSR count). The number of benzene rings is 3. The molecular formula is C45H52Cl2Zr-2. The van der Waals surface area contributed by atoms with Crippen LogP contribution in [-0.2, 0) is 46.9 Å². The van der Waals surface area contributed by atoms with Crippen molar-refractivity contribution >= 4 is 14.4 Å². The third-order valence-corrected chi connectivity index (χ3v) is 11.7. The summed E-state index contributed by atoms with van der Waals surface area (Å²) in [4.78, 5) is 0. The summed E-state index contributed by atoms with van der Waals surface area (Å²) in [6, 6.07) is 29.0. The van der Waals surface area contributed by atoms with Crippen LogP contribution in [0.15, 0.2) is 91.0 Å². The molecule has 0 nitrogen and oxygen atoms in total. The number of fused-ring (bicyclic) bond motifs is 5. The van der Waals surface area contributed by atoms with Crippen LogP contribution in [0.5, 0.6) is 0 Å². The number of rotatable bonds is 2. The average molecular weight is 755 g/mol. The van der Waals surface area contributed by atoms with E-state index in [-0.39, 0.29) is 35.6 Å². The van der Waals surface area contributed by atoms with E-state index in [1.54, 1.807) is 3.21 Å². The van der Waals surface area contributed by atoms with Gasteiger partial charge in [0, 0.05) is 0 Å². The minimum Gasteiger partial charge on any atom is -1.00 e. The Kier molecular flexibility index (Phi) is 13.1. The Balaban J connectivity index is 0.000000246. The molecule has 0 saturated carbocycles.